The smallest absolute Gasteiger partial charge is 0.271 e. The third-order valence-corrected chi connectivity index (χ3v) is 6.39. The lowest BCUT2D eigenvalue weighted by Crippen LogP contribution is -2.34. The van der Waals surface area contributed by atoms with Gasteiger partial charge in [-0.15, -0.1) is 11.3 Å². The highest BCUT2D eigenvalue weighted by Crippen LogP contribution is 2.31. The molecule has 0 saturated carbocycles. The fourth-order valence-corrected chi connectivity index (χ4v) is 4.61. The molecule has 7 heteroatoms. The van der Waals surface area contributed by atoms with Crippen LogP contribution in [0.4, 0.5) is 0 Å². The van der Waals surface area contributed by atoms with Gasteiger partial charge in [0.2, 0.25) is 5.91 Å². The molecule has 4 aromatic rings. The van der Waals surface area contributed by atoms with Gasteiger partial charge in [0.05, 0.1) is 25.0 Å². The van der Waals surface area contributed by atoms with E-state index < -0.39 is 0 Å². The maximum atomic E-state index is 13.0. The van der Waals surface area contributed by atoms with Crippen molar-refractivity contribution in [3.63, 3.8) is 0 Å². The van der Waals surface area contributed by atoms with Crippen molar-refractivity contribution in [2.45, 2.75) is 26.4 Å². The largest absolute Gasteiger partial charge is 0.497 e. The zero-order valence-electron chi connectivity index (χ0n) is 17.6. The van der Waals surface area contributed by atoms with E-state index >= 15 is 0 Å². The van der Waals surface area contributed by atoms with E-state index in [9.17, 15) is 9.59 Å². The van der Waals surface area contributed by atoms with Gasteiger partial charge in [-0.25, -0.2) is 4.98 Å². The first-order valence-corrected chi connectivity index (χ1v) is 10.8. The van der Waals surface area contributed by atoms with Crippen molar-refractivity contribution >= 4 is 27.5 Å². The first-order valence-electron chi connectivity index (χ1n) is 9.94. The molecule has 31 heavy (non-hydrogen) atoms. The molecule has 1 N–H and O–H groups in total. The fourth-order valence-electron chi connectivity index (χ4n) is 3.55. The first-order chi connectivity index (χ1) is 15.0. The second-order valence-corrected chi connectivity index (χ2v) is 8.43. The third kappa shape index (κ3) is 4.36. The van der Waals surface area contributed by atoms with Crippen molar-refractivity contribution in [2.75, 3.05) is 7.11 Å². The van der Waals surface area contributed by atoms with Crippen LogP contribution in [-0.4, -0.2) is 22.6 Å². The number of methoxy groups -OCH3 is 1. The lowest BCUT2D eigenvalue weighted by atomic mass is 10.0. The SMILES string of the molecule is COc1ccc(-c2cc3ncn(CC(=O)NC(C)c4ccccc4C)c(=O)c3s2)cc1. The Balaban J connectivity index is 1.54. The summed E-state index contributed by atoms with van der Waals surface area (Å²) >= 11 is 1.38. The molecule has 1 atom stereocenters. The van der Waals surface area contributed by atoms with E-state index in [0.717, 1.165) is 27.3 Å². The number of nitrogens with one attached hydrogen (secondary N) is 1. The van der Waals surface area contributed by atoms with Gasteiger partial charge in [0.1, 0.15) is 17.0 Å². The number of aromatic nitrogens is 2. The van der Waals surface area contributed by atoms with Gasteiger partial charge in [-0.1, -0.05) is 24.3 Å². The van der Waals surface area contributed by atoms with E-state index in [4.69, 9.17) is 4.74 Å². The molecule has 0 aliphatic rings. The molecule has 0 spiro atoms. The average molecular weight is 434 g/mol. The molecule has 0 bridgehead atoms. The number of carbonyl (C=O) groups is 1. The summed E-state index contributed by atoms with van der Waals surface area (Å²) in [6, 6.07) is 17.3. The molecule has 158 valence electrons. The van der Waals surface area contributed by atoms with E-state index in [0.29, 0.717) is 10.2 Å². The van der Waals surface area contributed by atoms with Gasteiger partial charge >= 0.3 is 0 Å². The topological polar surface area (TPSA) is 73.2 Å². The summed E-state index contributed by atoms with van der Waals surface area (Å²) in [5.41, 5.74) is 3.57. The Labute approximate surface area is 184 Å². The number of ether oxygens (including phenoxy) is 1. The molecule has 0 fully saturated rings. The zero-order valence-corrected chi connectivity index (χ0v) is 18.4. The minimum absolute atomic E-state index is 0.0756. The van der Waals surface area contributed by atoms with Gasteiger partial charge in [-0.05, 0) is 60.9 Å². The maximum Gasteiger partial charge on any atom is 0.271 e. The number of benzene rings is 2. The van der Waals surface area contributed by atoms with Crippen LogP contribution in [0, 0.1) is 6.92 Å². The fraction of sp³-hybridized carbons (Fsp3) is 0.208. The number of rotatable bonds is 6. The predicted octanol–water partition coefficient (Wildman–Crippen LogP) is 4.32. The van der Waals surface area contributed by atoms with Gasteiger partial charge in [0, 0.05) is 4.88 Å². The molecule has 2 aromatic heterocycles. The molecule has 6 nitrogen and oxygen atoms in total. The third-order valence-electron chi connectivity index (χ3n) is 5.22. The number of thiophene rings is 1. The summed E-state index contributed by atoms with van der Waals surface area (Å²) in [5.74, 6) is 0.544. The molecule has 0 radical (unpaired) electrons. The Morgan fingerprint density at radius 1 is 1.19 bits per heavy atom. The minimum atomic E-state index is -0.231. The van der Waals surface area contributed by atoms with Crippen LogP contribution >= 0.6 is 11.3 Å². The number of nitrogens with zero attached hydrogens (tertiary/aromatic N) is 2. The molecular weight excluding hydrogens is 410 g/mol. The lowest BCUT2D eigenvalue weighted by Gasteiger charge is -2.16. The number of hydrogen-bond donors (Lipinski definition) is 1. The van der Waals surface area contributed by atoms with Crippen molar-refractivity contribution in [1.82, 2.24) is 14.9 Å². The Bertz CT molecular complexity index is 1290. The van der Waals surface area contributed by atoms with Crippen molar-refractivity contribution in [3.05, 3.63) is 82.4 Å². The van der Waals surface area contributed by atoms with Crippen molar-refractivity contribution in [2.24, 2.45) is 0 Å². The molecule has 0 saturated heterocycles. The molecule has 2 aromatic carbocycles. The maximum absolute atomic E-state index is 13.0. The molecule has 4 rings (SSSR count). The molecule has 1 unspecified atom stereocenters. The number of hydrogen-bond acceptors (Lipinski definition) is 5. The first kappa shape index (κ1) is 20.8. The standard InChI is InChI=1S/C24H23N3O3S/c1-15-6-4-5-7-19(15)16(2)26-22(28)13-27-14-25-20-12-21(31-23(20)24(27)29)17-8-10-18(30-3)11-9-17/h4-12,14,16H,13H2,1-3H3,(H,26,28). The van der Waals surface area contributed by atoms with Gasteiger partial charge in [0.15, 0.2) is 0 Å². The van der Waals surface area contributed by atoms with E-state index in [-0.39, 0.29) is 24.1 Å². The van der Waals surface area contributed by atoms with Gasteiger partial charge in [-0.3, -0.25) is 14.2 Å². The summed E-state index contributed by atoms with van der Waals surface area (Å²) in [6.45, 7) is 3.87. The van der Waals surface area contributed by atoms with Crippen LogP contribution in [0.2, 0.25) is 0 Å². The van der Waals surface area contributed by atoms with Crippen LogP contribution in [0.25, 0.3) is 20.7 Å². The normalized spacial score (nSPS) is 12.0. The van der Waals surface area contributed by atoms with Crippen LogP contribution in [0.3, 0.4) is 0 Å². The summed E-state index contributed by atoms with van der Waals surface area (Å²) in [4.78, 5) is 30.9. The average Bonchev–Trinajstić information content (AvgIpc) is 3.21. The van der Waals surface area contributed by atoms with Crippen LogP contribution in [-0.2, 0) is 11.3 Å². The van der Waals surface area contributed by atoms with Gasteiger partial charge in [0.25, 0.3) is 5.56 Å². The summed E-state index contributed by atoms with van der Waals surface area (Å²) in [6.07, 6.45) is 1.44. The van der Waals surface area contributed by atoms with E-state index in [2.05, 4.69) is 10.3 Å². The highest BCUT2D eigenvalue weighted by atomic mass is 32.1. The molecule has 0 aliphatic heterocycles. The highest BCUT2D eigenvalue weighted by molar-refractivity contribution is 7.22. The van der Waals surface area contributed by atoms with E-state index in [1.165, 1.54) is 22.2 Å². The second-order valence-electron chi connectivity index (χ2n) is 7.38. The number of fused-ring (bicyclic) bond motifs is 1. The van der Waals surface area contributed by atoms with Crippen LogP contribution < -0.4 is 15.6 Å². The Morgan fingerprint density at radius 3 is 2.65 bits per heavy atom. The highest BCUT2D eigenvalue weighted by Gasteiger charge is 2.15. The second kappa shape index (κ2) is 8.73. The molecule has 1 amide bonds. The Morgan fingerprint density at radius 2 is 1.94 bits per heavy atom. The zero-order chi connectivity index (χ0) is 22.0. The number of carbonyl (C=O) groups excluding carboxylic acids is 1. The lowest BCUT2D eigenvalue weighted by molar-refractivity contribution is -0.122. The Kier molecular flexibility index (Phi) is 5.86. The van der Waals surface area contributed by atoms with E-state index in [1.807, 2.05) is 68.4 Å². The van der Waals surface area contributed by atoms with Gasteiger partial charge in [-0.2, -0.15) is 0 Å². The van der Waals surface area contributed by atoms with Gasteiger partial charge < -0.3 is 10.1 Å². The summed E-state index contributed by atoms with van der Waals surface area (Å²) < 4.78 is 7.09. The van der Waals surface area contributed by atoms with Crippen molar-refractivity contribution in [3.8, 4) is 16.2 Å². The molecule has 2 heterocycles. The number of aryl methyl sites for hydroxylation is 1. The van der Waals surface area contributed by atoms with E-state index in [1.54, 1.807) is 7.11 Å². The summed E-state index contributed by atoms with van der Waals surface area (Å²) in [7, 11) is 1.62. The molecular formula is C24H23N3O3S. The van der Waals surface area contributed by atoms with Crippen LogP contribution in [0.1, 0.15) is 24.1 Å². The van der Waals surface area contributed by atoms with Crippen LogP contribution in [0.5, 0.6) is 5.75 Å². The predicted molar refractivity (Wildman–Crippen MR) is 124 cm³/mol. The quantitative estimate of drug-likeness (QED) is 0.492. The van der Waals surface area contributed by atoms with Crippen LogP contribution in [0.15, 0.2) is 65.7 Å². The number of amides is 1. The minimum Gasteiger partial charge on any atom is -0.497 e. The monoisotopic (exact) mass is 433 g/mol. The molecule has 0 aliphatic carbocycles. The van der Waals surface area contributed by atoms with Crippen molar-refractivity contribution < 1.29 is 9.53 Å². The van der Waals surface area contributed by atoms with Crippen molar-refractivity contribution in [1.29, 1.82) is 0 Å². The Hall–Kier alpha value is -3.45. The summed E-state index contributed by atoms with van der Waals surface area (Å²) in [5, 5.41) is 2.97.